The fraction of sp³-hybridized carbons (Fsp3) is 0.375. The van der Waals surface area contributed by atoms with Crippen LogP contribution < -0.4 is 4.74 Å². The first-order chi connectivity index (χ1) is 10.1. The van der Waals surface area contributed by atoms with E-state index in [0.717, 1.165) is 23.4 Å². The summed E-state index contributed by atoms with van der Waals surface area (Å²) in [5.41, 5.74) is 0.965. The quantitative estimate of drug-likeness (QED) is 0.935. The van der Waals surface area contributed by atoms with Gasteiger partial charge in [-0.1, -0.05) is 18.2 Å². The molecule has 1 N–H and O–H groups in total. The highest BCUT2D eigenvalue weighted by atomic mass is 16.5. The lowest BCUT2D eigenvalue weighted by atomic mass is 9.76. The number of carbonyl (C=O) groups is 1. The molecule has 1 aromatic carbocycles. The lowest BCUT2D eigenvalue weighted by Crippen LogP contribution is -2.43. The van der Waals surface area contributed by atoms with Crippen molar-refractivity contribution in [1.82, 2.24) is 9.78 Å². The van der Waals surface area contributed by atoms with Crippen molar-refractivity contribution in [1.29, 1.82) is 0 Å². The van der Waals surface area contributed by atoms with Crippen molar-refractivity contribution in [2.45, 2.75) is 26.3 Å². The number of rotatable bonds is 4. The number of fused-ring (bicyclic) bond motifs is 1. The summed E-state index contributed by atoms with van der Waals surface area (Å²) in [7, 11) is 0. The van der Waals surface area contributed by atoms with Gasteiger partial charge >= 0.3 is 5.97 Å². The van der Waals surface area contributed by atoms with Crippen LogP contribution in [0.2, 0.25) is 0 Å². The second-order valence-corrected chi connectivity index (χ2v) is 5.54. The number of para-hydroxylation sites is 1. The average molecular weight is 286 g/mol. The van der Waals surface area contributed by atoms with Gasteiger partial charge in [-0.25, -0.2) is 0 Å². The van der Waals surface area contributed by atoms with E-state index in [4.69, 9.17) is 4.74 Å². The summed E-state index contributed by atoms with van der Waals surface area (Å²) in [4.78, 5) is 11.9. The molecule has 0 spiro atoms. The van der Waals surface area contributed by atoms with Crippen molar-refractivity contribution in [3.63, 3.8) is 0 Å². The molecule has 1 aliphatic heterocycles. The van der Waals surface area contributed by atoms with Crippen molar-refractivity contribution >= 4 is 5.97 Å². The highest BCUT2D eigenvalue weighted by molar-refractivity contribution is 5.76. The van der Waals surface area contributed by atoms with Crippen LogP contribution in [0.3, 0.4) is 0 Å². The summed E-state index contributed by atoms with van der Waals surface area (Å²) >= 11 is 0. The second-order valence-electron chi connectivity index (χ2n) is 5.54. The Morgan fingerprint density at radius 2 is 2.29 bits per heavy atom. The molecule has 0 saturated heterocycles. The fourth-order valence-corrected chi connectivity index (χ4v) is 2.81. The maximum Gasteiger partial charge on any atom is 0.313 e. The van der Waals surface area contributed by atoms with Gasteiger partial charge in [0, 0.05) is 12.7 Å². The minimum Gasteiger partial charge on any atom is -0.492 e. The van der Waals surface area contributed by atoms with Crippen LogP contribution in [0.5, 0.6) is 5.75 Å². The Balaban J connectivity index is 1.89. The molecule has 21 heavy (non-hydrogen) atoms. The Morgan fingerprint density at radius 1 is 1.48 bits per heavy atom. The van der Waals surface area contributed by atoms with Gasteiger partial charge in [0.2, 0.25) is 0 Å². The number of aryl methyl sites for hydroxylation is 1. The highest BCUT2D eigenvalue weighted by Crippen LogP contribution is 2.37. The van der Waals surface area contributed by atoms with Gasteiger partial charge in [-0.05, 0) is 37.0 Å². The molecular formula is C16H18N2O3. The van der Waals surface area contributed by atoms with Gasteiger partial charge < -0.3 is 9.84 Å². The van der Waals surface area contributed by atoms with E-state index >= 15 is 0 Å². The molecule has 1 atom stereocenters. The van der Waals surface area contributed by atoms with Crippen LogP contribution >= 0.6 is 0 Å². The number of carboxylic acid groups (broad SMARTS) is 1. The Morgan fingerprint density at radius 3 is 3.00 bits per heavy atom. The number of carboxylic acids is 1. The number of hydrogen-bond acceptors (Lipinski definition) is 3. The predicted octanol–water partition coefficient (Wildman–Crippen LogP) is 2.15. The van der Waals surface area contributed by atoms with E-state index in [0.29, 0.717) is 12.8 Å². The molecule has 5 heteroatoms. The molecule has 0 radical (unpaired) electrons. The van der Waals surface area contributed by atoms with E-state index in [1.54, 1.807) is 6.20 Å². The van der Waals surface area contributed by atoms with Crippen molar-refractivity contribution in [3.8, 4) is 5.75 Å². The first-order valence-corrected chi connectivity index (χ1v) is 7.08. The molecule has 2 heterocycles. The number of ether oxygens (including phenoxy) is 1. The lowest BCUT2D eigenvalue weighted by Gasteiger charge is -2.34. The molecule has 3 rings (SSSR count). The third kappa shape index (κ3) is 2.51. The predicted molar refractivity (Wildman–Crippen MR) is 77.3 cm³/mol. The van der Waals surface area contributed by atoms with Gasteiger partial charge in [-0.2, -0.15) is 5.10 Å². The van der Waals surface area contributed by atoms with Crippen LogP contribution in [0.25, 0.3) is 0 Å². The Kier molecular flexibility index (Phi) is 3.41. The van der Waals surface area contributed by atoms with E-state index in [1.165, 1.54) is 0 Å². The zero-order chi connectivity index (χ0) is 14.9. The zero-order valence-electron chi connectivity index (χ0n) is 12.0. The van der Waals surface area contributed by atoms with Crippen LogP contribution in [0.4, 0.5) is 0 Å². The second kappa shape index (κ2) is 5.24. The number of nitrogens with zero attached hydrogens (tertiary/aromatic N) is 2. The number of hydrogen-bond donors (Lipinski definition) is 1. The van der Waals surface area contributed by atoms with Crippen molar-refractivity contribution in [2.24, 2.45) is 5.41 Å². The number of aromatic nitrogens is 2. The smallest absolute Gasteiger partial charge is 0.313 e. The van der Waals surface area contributed by atoms with Crippen molar-refractivity contribution < 1.29 is 14.6 Å². The number of benzene rings is 1. The van der Waals surface area contributed by atoms with Crippen LogP contribution in [0.15, 0.2) is 36.7 Å². The number of aliphatic carboxylic acids is 1. The van der Waals surface area contributed by atoms with Crippen LogP contribution in [0.1, 0.15) is 18.1 Å². The summed E-state index contributed by atoms with van der Waals surface area (Å²) < 4.78 is 7.51. The zero-order valence-corrected chi connectivity index (χ0v) is 12.0. The van der Waals surface area contributed by atoms with Gasteiger partial charge in [0.25, 0.3) is 0 Å². The Hall–Kier alpha value is -2.30. The maximum atomic E-state index is 11.9. The minimum absolute atomic E-state index is 0.191. The molecule has 1 aliphatic rings. The maximum absolute atomic E-state index is 11.9. The van der Waals surface area contributed by atoms with E-state index in [-0.39, 0.29) is 6.61 Å². The molecule has 0 amide bonds. The monoisotopic (exact) mass is 286 g/mol. The molecule has 5 nitrogen and oxygen atoms in total. The highest BCUT2D eigenvalue weighted by Gasteiger charge is 2.43. The molecule has 0 saturated carbocycles. The SMILES string of the molecule is CCn1cc(CC2(C(=O)O)COc3ccccc3C2)cn1. The largest absolute Gasteiger partial charge is 0.492 e. The first-order valence-electron chi connectivity index (χ1n) is 7.08. The summed E-state index contributed by atoms with van der Waals surface area (Å²) in [6.45, 7) is 2.97. The molecule has 0 bridgehead atoms. The third-order valence-corrected chi connectivity index (χ3v) is 4.01. The first kappa shape index (κ1) is 13.7. The van der Waals surface area contributed by atoms with Gasteiger partial charge in [-0.3, -0.25) is 9.48 Å². The Bertz CT molecular complexity index is 665. The van der Waals surface area contributed by atoms with E-state index < -0.39 is 11.4 Å². The van der Waals surface area contributed by atoms with Gasteiger partial charge in [-0.15, -0.1) is 0 Å². The van der Waals surface area contributed by atoms with Crippen molar-refractivity contribution in [2.75, 3.05) is 6.61 Å². The molecule has 1 aromatic heterocycles. The van der Waals surface area contributed by atoms with E-state index in [9.17, 15) is 9.90 Å². The fourth-order valence-electron chi connectivity index (χ4n) is 2.81. The minimum atomic E-state index is -0.921. The van der Waals surface area contributed by atoms with Crippen LogP contribution in [0, 0.1) is 5.41 Å². The third-order valence-electron chi connectivity index (χ3n) is 4.01. The van der Waals surface area contributed by atoms with Crippen LogP contribution in [-0.2, 0) is 24.2 Å². The molecule has 0 fully saturated rings. The normalized spacial score (nSPS) is 20.6. The lowest BCUT2D eigenvalue weighted by molar-refractivity contribution is -0.151. The van der Waals surface area contributed by atoms with E-state index in [1.807, 2.05) is 42.1 Å². The topological polar surface area (TPSA) is 64.4 Å². The van der Waals surface area contributed by atoms with Crippen molar-refractivity contribution in [3.05, 3.63) is 47.8 Å². The van der Waals surface area contributed by atoms with Gasteiger partial charge in [0.1, 0.15) is 17.8 Å². The molecule has 110 valence electrons. The molecule has 0 aliphatic carbocycles. The molecule has 1 unspecified atom stereocenters. The summed E-state index contributed by atoms with van der Waals surface area (Å²) in [6, 6.07) is 7.63. The summed E-state index contributed by atoms with van der Waals surface area (Å²) in [5, 5.41) is 14.0. The summed E-state index contributed by atoms with van der Waals surface area (Å²) in [5.74, 6) is -0.0279. The average Bonchev–Trinajstić information content (AvgIpc) is 2.94. The Labute approximate surface area is 123 Å². The van der Waals surface area contributed by atoms with Crippen LogP contribution in [-0.4, -0.2) is 27.5 Å². The van der Waals surface area contributed by atoms with E-state index in [2.05, 4.69) is 5.10 Å². The molecular weight excluding hydrogens is 268 g/mol. The standard InChI is InChI=1S/C16H18N2O3/c1-2-18-10-12(9-17-18)7-16(15(19)20)8-13-5-3-4-6-14(13)21-11-16/h3-6,9-10H,2,7-8,11H2,1H3,(H,19,20). The molecule has 2 aromatic rings. The summed E-state index contributed by atoms with van der Waals surface area (Å²) in [6.07, 6.45) is 4.56. The van der Waals surface area contributed by atoms with Gasteiger partial charge in [0.05, 0.1) is 6.20 Å². The van der Waals surface area contributed by atoms with Gasteiger partial charge in [0.15, 0.2) is 0 Å².